The number of anilines is 2. The van der Waals surface area contributed by atoms with Gasteiger partial charge in [0.25, 0.3) is 0 Å². The highest BCUT2D eigenvalue weighted by Crippen LogP contribution is 2.31. The second-order valence-corrected chi connectivity index (χ2v) is 7.59. The Kier molecular flexibility index (Phi) is 5.21. The highest BCUT2D eigenvalue weighted by molar-refractivity contribution is 5.60. The van der Waals surface area contributed by atoms with Crippen molar-refractivity contribution in [3.05, 3.63) is 53.3 Å². The Morgan fingerprint density at radius 1 is 1.15 bits per heavy atom. The van der Waals surface area contributed by atoms with Crippen LogP contribution in [-0.2, 0) is 6.42 Å². The van der Waals surface area contributed by atoms with Crippen LogP contribution in [-0.4, -0.2) is 50.8 Å². The van der Waals surface area contributed by atoms with Gasteiger partial charge in [0.05, 0.1) is 12.8 Å². The second kappa shape index (κ2) is 7.77. The van der Waals surface area contributed by atoms with Crippen molar-refractivity contribution in [3.63, 3.8) is 0 Å². The van der Waals surface area contributed by atoms with Crippen molar-refractivity contribution in [2.75, 3.05) is 50.1 Å². The molecule has 0 saturated carbocycles. The molecule has 4 rings (SSSR count). The third-order valence-electron chi connectivity index (χ3n) is 5.80. The van der Waals surface area contributed by atoms with E-state index in [4.69, 9.17) is 4.74 Å². The van der Waals surface area contributed by atoms with Gasteiger partial charge in [-0.2, -0.15) is 0 Å². The van der Waals surface area contributed by atoms with Gasteiger partial charge in [0, 0.05) is 50.5 Å². The van der Waals surface area contributed by atoms with Gasteiger partial charge in [-0.1, -0.05) is 18.2 Å². The summed E-state index contributed by atoms with van der Waals surface area (Å²) in [7, 11) is 1.60. The van der Waals surface area contributed by atoms with Crippen LogP contribution in [0.4, 0.5) is 15.8 Å². The largest absolute Gasteiger partial charge is 0.494 e. The summed E-state index contributed by atoms with van der Waals surface area (Å²) in [5.41, 5.74) is 5.10. The quantitative estimate of drug-likeness (QED) is 0.890. The zero-order valence-electron chi connectivity index (χ0n) is 16.2. The van der Waals surface area contributed by atoms with E-state index in [1.54, 1.807) is 7.11 Å². The van der Waals surface area contributed by atoms with E-state index in [-0.39, 0.29) is 5.82 Å². The number of nitrogens with one attached hydrogen (secondary N) is 1. The average Bonchev–Trinajstić information content (AvgIpc) is 2.69. The van der Waals surface area contributed by atoms with Gasteiger partial charge in [0.15, 0.2) is 0 Å². The molecule has 2 heterocycles. The molecule has 4 nitrogen and oxygen atoms in total. The maximum Gasteiger partial charge on any atom is 0.145 e. The molecule has 0 amide bonds. The Morgan fingerprint density at radius 3 is 2.74 bits per heavy atom. The molecule has 1 unspecified atom stereocenters. The number of nitrogens with zero attached hydrogens (tertiary/aromatic N) is 2. The lowest BCUT2D eigenvalue weighted by atomic mass is 9.95. The molecule has 2 aromatic carbocycles. The zero-order chi connectivity index (χ0) is 18.8. The predicted octanol–water partition coefficient (Wildman–Crippen LogP) is 3.69. The Labute approximate surface area is 160 Å². The molecule has 1 N–H and O–H groups in total. The minimum Gasteiger partial charge on any atom is -0.494 e. The molecule has 1 fully saturated rings. The molecule has 0 radical (unpaired) electrons. The van der Waals surface area contributed by atoms with Crippen LogP contribution >= 0.6 is 0 Å². The number of hydrogen-bond donors (Lipinski definition) is 1. The molecule has 5 heteroatoms. The van der Waals surface area contributed by atoms with E-state index in [0.29, 0.717) is 11.8 Å². The number of aryl methyl sites for hydroxylation is 2. The monoisotopic (exact) mass is 369 g/mol. The molecule has 0 bridgehead atoms. The number of benzene rings is 2. The first-order valence-electron chi connectivity index (χ1n) is 9.80. The number of fused-ring (bicyclic) bond motifs is 1. The topological polar surface area (TPSA) is 27.7 Å². The van der Waals surface area contributed by atoms with Gasteiger partial charge in [0.2, 0.25) is 0 Å². The van der Waals surface area contributed by atoms with Crippen LogP contribution < -0.4 is 15.0 Å². The number of methoxy groups -OCH3 is 1. The van der Waals surface area contributed by atoms with Gasteiger partial charge >= 0.3 is 0 Å². The molecule has 2 aromatic rings. The molecule has 2 aliphatic heterocycles. The van der Waals surface area contributed by atoms with E-state index in [9.17, 15) is 4.39 Å². The molecule has 0 aliphatic carbocycles. The Morgan fingerprint density at radius 2 is 1.96 bits per heavy atom. The number of hydrogen-bond acceptors (Lipinski definition) is 4. The van der Waals surface area contributed by atoms with Crippen molar-refractivity contribution in [3.8, 4) is 5.75 Å². The lowest BCUT2D eigenvalue weighted by molar-refractivity contribution is 0.242. The minimum absolute atomic E-state index is 0.256. The molecule has 2 aliphatic rings. The van der Waals surface area contributed by atoms with Gasteiger partial charge in [-0.25, -0.2) is 4.39 Å². The molecular formula is C22H28FN3O. The minimum atomic E-state index is -0.256. The first kappa shape index (κ1) is 18.1. The number of para-hydroxylation sites is 1. The van der Waals surface area contributed by atoms with Crippen LogP contribution in [0.3, 0.4) is 0 Å². The normalized spacial score (nSPS) is 20.1. The van der Waals surface area contributed by atoms with Gasteiger partial charge in [-0.3, -0.25) is 4.90 Å². The first-order valence-corrected chi connectivity index (χ1v) is 9.80. The van der Waals surface area contributed by atoms with Gasteiger partial charge in [-0.05, 0) is 43.0 Å². The molecule has 1 saturated heterocycles. The van der Waals surface area contributed by atoms with Crippen LogP contribution in [0, 0.1) is 12.7 Å². The van der Waals surface area contributed by atoms with Crippen LogP contribution in [0.5, 0.6) is 5.75 Å². The smallest absolute Gasteiger partial charge is 0.145 e. The average molecular weight is 369 g/mol. The fourth-order valence-corrected chi connectivity index (χ4v) is 4.28. The standard InChI is InChI=1S/C22H28FN3O/c1-16-4-3-5-17-6-8-19(24-22(16)17)15-25-10-12-26(13-11-25)20-9-7-18(23)14-21(20)27-2/h3-5,7,9,14,19,24H,6,8,10-13,15H2,1-2H3. The number of ether oxygens (including phenoxy) is 1. The van der Waals surface area contributed by atoms with Crippen LogP contribution in [0.2, 0.25) is 0 Å². The van der Waals surface area contributed by atoms with E-state index in [1.165, 1.54) is 35.4 Å². The van der Waals surface area contributed by atoms with Gasteiger partial charge < -0.3 is 15.0 Å². The predicted molar refractivity (Wildman–Crippen MR) is 109 cm³/mol. The van der Waals surface area contributed by atoms with E-state index >= 15 is 0 Å². The maximum absolute atomic E-state index is 13.4. The fraction of sp³-hybridized carbons (Fsp3) is 0.455. The van der Waals surface area contributed by atoms with Gasteiger partial charge in [-0.15, -0.1) is 0 Å². The molecule has 1 atom stereocenters. The summed E-state index contributed by atoms with van der Waals surface area (Å²) in [4.78, 5) is 4.83. The van der Waals surface area contributed by atoms with E-state index in [2.05, 4.69) is 40.2 Å². The van der Waals surface area contributed by atoms with Crippen LogP contribution in [0.15, 0.2) is 36.4 Å². The number of halogens is 1. The molecule has 0 aromatic heterocycles. The zero-order valence-corrected chi connectivity index (χ0v) is 16.2. The maximum atomic E-state index is 13.4. The van der Waals surface area contributed by atoms with Crippen molar-refractivity contribution in [2.24, 2.45) is 0 Å². The number of piperazine rings is 1. The Balaban J connectivity index is 1.35. The van der Waals surface area contributed by atoms with E-state index < -0.39 is 0 Å². The molecule has 0 spiro atoms. The SMILES string of the molecule is COc1cc(F)ccc1N1CCN(CC2CCc3cccc(C)c3N2)CC1. The van der Waals surface area contributed by atoms with Crippen molar-refractivity contribution >= 4 is 11.4 Å². The third-order valence-corrected chi connectivity index (χ3v) is 5.80. The van der Waals surface area contributed by atoms with Crippen LogP contribution in [0.1, 0.15) is 17.5 Å². The molecule has 27 heavy (non-hydrogen) atoms. The summed E-state index contributed by atoms with van der Waals surface area (Å²) in [5.74, 6) is 0.359. The highest BCUT2D eigenvalue weighted by atomic mass is 19.1. The Hall–Kier alpha value is -2.27. The lowest BCUT2D eigenvalue weighted by Gasteiger charge is -2.39. The summed E-state index contributed by atoms with van der Waals surface area (Å²) < 4.78 is 18.8. The van der Waals surface area contributed by atoms with Crippen molar-refractivity contribution < 1.29 is 9.13 Å². The van der Waals surface area contributed by atoms with Crippen LogP contribution in [0.25, 0.3) is 0 Å². The van der Waals surface area contributed by atoms with Gasteiger partial charge in [0.1, 0.15) is 11.6 Å². The lowest BCUT2D eigenvalue weighted by Crippen LogP contribution is -2.50. The first-order chi connectivity index (χ1) is 13.1. The third kappa shape index (κ3) is 3.88. The highest BCUT2D eigenvalue weighted by Gasteiger charge is 2.24. The molecular weight excluding hydrogens is 341 g/mol. The fourth-order valence-electron chi connectivity index (χ4n) is 4.28. The summed E-state index contributed by atoms with van der Waals surface area (Å²) in [5, 5.41) is 3.76. The molecule has 144 valence electrons. The summed E-state index contributed by atoms with van der Waals surface area (Å²) >= 11 is 0. The van der Waals surface area contributed by atoms with E-state index in [1.807, 2.05) is 6.07 Å². The summed E-state index contributed by atoms with van der Waals surface area (Å²) in [6.07, 6.45) is 2.34. The summed E-state index contributed by atoms with van der Waals surface area (Å²) in [6, 6.07) is 11.9. The number of rotatable bonds is 4. The summed E-state index contributed by atoms with van der Waals surface area (Å²) in [6.45, 7) is 7.15. The van der Waals surface area contributed by atoms with Crippen molar-refractivity contribution in [1.82, 2.24) is 4.90 Å². The van der Waals surface area contributed by atoms with Crippen molar-refractivity contribution in [2.45, 2.75) is 25.8 Å². The second-order valence-electron chi connectivity index (χ2n) is 7.59. The van der Waals surface area contributed by atoms with Crippen molar-refractivity contribution in [1.29, 1.82) is 0 Å². The Bertz CT molecular complexity index is 802. The van der Waals surface area contributed by atoms with E-state index in [0.717, 1.165) is 44.8 Å².